The van der Waals surface area contributed by atoms with Crippen molar-refractivity contribution in [3.63, 3.8) is 0 Å². The van der Waals surface area contributed by atoms with Crippen LogP contribution in [0, 0.1) is 0 Å². The summed E-state index contributed by atoms with van der Waals surface area (Å²) in [6.45, 7) is 1.92. The fraction of sp³-hybridized carbons (Fsp3) is 0.545. The van der Waals surface area contributed by atoms with Crippen LogP contribution in [0.15, 0.2) is 18.2 Å². The van der Waals surface area contributed by atoms with Crippen molar-refractivity contribution in [2.24, 2.45) is 5.73 Å². The number of hydrogen-bond acceptors (Lipinski definition) is 4. The molecule has 2 rings (SSSR count). The fourth-order valence-electron chi connectivity index (χ4n) is 1.91. The zero-order chi connectivity index (χ0) is 10.7. The Bertz CT molecular complexity index is 329. The summed E-state index contributed by atoms with van der Waals surface area (Å²) in [5.74, 6) is 1.62. The van der Waals surface area contributed by atoms with Gasteiger partial charge in [0.1, 0.15) is 5.82 Å². The van der Waals surface area contributed by atoms with E-state index in [0.717, 1.165) is 31.7 Å². The molecule has 0 bridgehead atoms. The first-order chi connectivity index (χ1) is 7.29. The molecule has 82 valence electrons. The van der Waals surface area contributed by atoms with Gasteiger partial charge in [-0.15, -0.1) is 0 Å². The number of nitrogens with zero attached hydrogens (tertiary/aromatic N) is 2. The first-order valence-electron chi connectivity index (χ1n) is 5.31. The Kier molecular flexibility index (Phi) is 3.06. The molecular formula is C11H17N3O. The van der Waals surface area contributed by atoms with Gasteiger partial charge in [-0.25, -0.2) is 0 Å². The van der Waals surface area contributed by atoms with Gasteiger partial charge in [0.25, 0.3) is 0 Å². The van der Waals surface area contributed by atoms with Crippen LogP contribution in [0.1, 0.15) is 12.8 Å². The Balaban J connectivity index is 2.13. The van der Waals surface area contributed by atoms with Crippen molar-refractivity contribution >= 4 is 5.82 Å². The fourth-order valence-corrected chi connectivity index (χ4v) is 1.91. The van der Waals surface area contributed by atoms with Gasteiger partial charge in [-0.1, -0.05) is 6.07 Å². The van der Waals surface area contributed by atoms with Crippen molar-refractivity contribution in [1.82, 2.24) is 4.98 Å². The van der Waals surface area contributed by atoms with Crippen molar-refractivity contribution in [2.75, 3.05) is 25.1 Å². The highest BCUT2D eigenvalue weighted by Gasteiger charge is 2.17. The van der Waals surface area contributed by atoms with Crippen molar-refractivity contribution in [2.45, 2.75) is 18.9 Å². The minimum Gasteiger partial charge on any atom is -0.481 e. The second-order valence-electron chi connectivity index (χ2n) is 3.89. The molecular weight excluding hydrogens is 190 g/mol. The third kappa shape index (κ3) is 2.39. The molecule has 0 radical (unpaired) electrons. The van der Waals surface area contributed by atoms with Crippen LogP contribution in [-0.4, -0.2) is 31.2 Å². The SMILES string of the molecule is COc1cccc(N2CCC[C@@H](N)C2)n1. The minimum absolute atomic E-state index is 0.270. The highest BCUT2D eigenvalue weighted by molar-refractivity contribution is 5.41. The second kappa shape index (κ2) is 4.49. The molecule has 1 aliphatic rings. The largest absolute Gasteiger partial charge is 0.481 e. The van der Waals surface area contributed by atoms with Crippen LogP contribution < -0.4 is 15.4 Å². The topological polar surface area (TPSA) is 51.4 Å². The first kappa shape index (κ1) is 10.2. The Morgan fingerprint density at radius 3 is 3.13 bits per heavy atom. The van der Waals surface area contributed by atoms with Crippen LogP contribution >= 0.6 is 0 Å². The number of aromatic nitrogens is 1. The van der Waals surface area contributed by atoms with E-state index >= 15 is 0 Å². The van der Waals surface area contributed by atoms with Crippen molar-refractivity contribution in [3.05, 3.63) is 18.2 Å². The average molecular weight is 207 g/mol. The molecule has 1 aliphatic heterocycles. The van der Waals surface area contributed by atoms with Gasteiger partial charge < -0.3 is 15.4 Å². The smallest absolute Gasteiger partial charge is 0.214 e. The first-order valence-corrected chi connectivity index (χ1v) is 5.31. The summed E-state index contributed by atoms with van der Waals surface area (Å²) in [5, 5.41) is 0. The number of nitrogens with two attached hydrogens (primary N) is 1. The van der Waals surface area contributed by atoms with E-state index < -0.39 is 0 Å². The molecule has 2 N–H and O–H groups in total. The van der Waals surface area contributed by atoms with Crippen LogP contribution in [-0.2, 0) is 0 Å². The maximum Gasteiger partial charge on any atom is 0.214 e. The zero-order valence-corrected chi connectivity index (χ0v) is 9.02. The maximum absolute atomic E-state index is 5.93. The molecule has 4 nitrogen and oxygen atoms in total. The Labute approximate surface area is 90.0 Å². The van der Waals surface area contributed by atoms with E-state index in [1.807, 2.05) is 18.2 Å². The Morgan fingerprint density at radius 2 is 2.40 bits per heavy atom. The molecule has 0 spiro atoms. The summed E-state index contributed by atoms with van der Waals surface area (Å²) in [6.07, 6.45) is 2.25. The number of ether oxygens (including phenoxy) is 1. The summed E-state index contributed by atoms with van der Waals surface area (Å²) in [4.78, 5) is 6.62. The molecule has 0 aliphatic carbocycles. The van der Waals surface area contributed by atoms with Crippen LogP contribution in [0.25, 0.3) is 0 Å². The highest BCUT2D eigenvalue weighted by Crippen LogP contribution is 2.19. The van der Waals surface area contributed by atoms with Crippen molar-refractivity contribution in [3.8, 4) is 5.88 Å². The standard InChI is InChI=1S/C11H17N3O/c1-15-11-6-2-5-10(13-11)14-7-3-4-9(12)8-14/h2,5-6,9H,3-4,7-8,12H2,1H3/t9-/m1/s1. The normalized spacial score (nSPS) is 21.5. The van der Waals surface area contributed by atoms with E-state index in [0.29, 0.717) is 5.88 Å². The van der Waals surface area contributed by atoms with E-state index in [4.69, 9.17) is 10.5 Å². The van der Waals surface area contributed by atoms with Gasteiger partial charge in [-0.05, 0) is 18.9 Å². The highest BCUT2D eigenvalue weighted by atomic mass is 16.5. The van der Waals surface area contributed by atoms with Crippen molar-refractivity contribution < 1.29 is 4.74 Å². The molecule has 15 heavy (non-hydrogen) atoms. The van der Waals surface area contributed by atoms with E-state index in [-0.39, 0.29) is 6.04 Å². The molecule has 1 atom stereocenters. The van der Waals surface area contributed by atoms with E-state index in [9.17, 15) is 0 Å². The molecule has 1 aromatic rings. The molecule has 1 fully saturated rings. The summed E-state index contributed by atoms with van der Waals surface area (Å²) in [7, 11) is 1.63. The lowest BCUT2D eigenvalue weighted by atomic mass is 10.1. The van der Waals surface area contributed by atoms with E-state index in [1.54, 1.807) is 7.11 Å². The van der Waals surface area contributed by atoms with Crippen LogP contribution in [0.2, 0.25) is 0 Å². The molecule has 2 heterocycles. The second-order valence-corrected chi connectivity index (χ2v) is 3.89. The molecule has 0 unspecified atom stereocenters. The lowest BCUT2D eigenvalue weighted by molar-refractivity contribution is 0.397. The molecule has 0 amide bonds. The lowest BCUT2D eigenvalue weighted by Crippen LogP contribution is -2.43. The Morgan fingerprint density at radius 1 is 1.53 bits per heavy atom. The molecule has 1 aromatic heterocycles. The molecule has 0 saturated carbocycles. The zero-order valence-electron chi connectivity index (χ0n) is 9.02. The van der Waals surface area contributed by atoms with Gasteiger partial charge >= 0.3 is 0 Å². The number of piperidine rings is 1. The monoisotopic (exact) mass is 207 g/mol. The summed E-state index contributed by atoms with van der Waals surface area (Å²) in [5.41, 5.74) is 5.93. The average Bonchev–Trinajstić information content (AvgIpc) is 2.29. The van der Waals surface area contributed by atoms with Gasteiger partial charge in [0.2, 0.25) is 5.88 Å². The van der Waals surface area contributed by atoms with E-state index in [2.05, 4.69) is 9.88 Å². The third-order valence-electron chi connectivity index (χ3n) is 2.70. The maximum atomic E-state index is 5.93. The van der Waals surface area contributed by atoms with Crippen molar-refractivity contribution in [1.29, 1.82) is 0 Å². The van der Waals surface area contributed by atoms with Gasteiger partial charge in [0.15, 0.2) is 0 Å². The van der Waals surface area contributed by atoms with Gasteiger partial charge in [0.05, 0.1) is 7.11 Å². The molecule has 1 saturated heterocycles. The van der Waals surface area contributed by atoms with E-state index in [1.165, 1.54) is 0 Å². The number of rotatable bonds is 2. The van der Waals surface area contributed by atoms with Crippen LogP contribution in [0.5, 0.6) is 5.88 Å². The third-order valence-corrected chi connectivity index (χ3v) is 2.70. The predicted octanol–water partition coefficient (Wildman–Crippen LogP) is 1.02. The van der Waals surface area contributed by atoms with Gasteiger partial charge in [-0.3, -0.25) is 0 Å². The van der Waals surface area contributed by atoms with Gasteiger partial charge in [-0.2, -0.15) is 4.98 Å². The Hall–Kier alpha value is -1.29. The number of methoxy groups -OCH3 is 1. The summed E-state index contributed by atoms with van der Waals surface area (Å²) >= 11 is 0. The molecule has 0 aromatic carbocycles. The summed E-state index contributed by atoms with van der Waals surface area (Å²) < 4.78 is 5.10. The van der Waals surface area contributed by atoms with Crippen LogP contribution in [0.4, 0.5) is 5.82 Å². The minimum atomic E-state index is 0.270. The van der Waals surface area contributed by atoms with Crippen LogP contribution in [0.3, 0.4) is 0 Å². The lowest BCUT2D eigenvalue weighted by Gasteiger charge is -2.31. The quantitative estimate of drug-likeness (QED) is 0.786. The summed E-state index contributed by atoms with van der Waals surface area (Å²) in [6, 6.07) is 6.08. The molecule has 4 heteroatoms. The number of pyridine rings is 1. The number of anilines is 1. The predicted molar refractivity (Wildman–Crippen MR) is 60.2 cm³/mol. The van der Waals surface area contributed by atoms with Gasteiger partial charge in [0, 0.05) is 25.2 Å². The number of hydrogen-bond donors (Lipinski definition) is 1.